The molecular formula is C19H24BrClN2O3S2. The highest BCUT2D eigenvalue weighted by atomic mass is 79.9. The summed E-state index contributed by atoms with van der Waals surface area (Å²) in [6.45, 7) is 7.24. The van der Waals surface area contributed by atoms with Crippen LogP contribution >= 0.6 is 39.3 Å². The molecule has 1 N–H and O–H groups in total. The Kier molecular flexibility index (Phi) is 8.95. The molecule has 0 bridgehead atoms. The Bertz CT molecular complexity index is 906. The number of ether oxygens (including phenoxy) is 1. The van der Waals surface area contributed by atoms with Gasteiger partial charge >= 0.3 is 0 Å². The normalized spacial score (nSPS) is 11.6. The minimum absolute atomic E-state index is 0.0556. The molecule has 0 saturated heterocycles. The van der Waals surface area contributed by atoms with Crippen molar-refractivity contribution in [3.8, 4) is 5.75 Å². The van der Waals surface area contributed by atoms with E-state index >= 15 is 0 Å². The maximum atomic E-state index is 12.9. The quantitative estimate of drug-likeness (QED) is 0.440. The molecule has 2 aromatic carbocycles. The Morgan fingerprint density at radius 3 is 2.54 bits per heavy atom. The number of nitrogens with one attached hydrogen (secondary N) is 1. The van der Waals surface area contributed by atoms with Gasteiger partial charge in [0.05, 0.1) is 12.8 Å². The number of nitrogens with zero attached hydrogens (tertiary/aromatic N) is 1. The molecule has 0 amide bonds. The summed E-state index contributed by atoms with van der Waals surface area (Å²) in [5.74, 6) is 1.17. The first-order chi connectivity index (χ1) is 13.3. The van der Waals surface area contributed by atoms with Gasteiger partial charge in [-0.2, -0.15) is 0 Å². The van der Waals surface area contributed by atoms with Gasteiger partial charge in [0.1, 0.15) is 10.6 Å². The molecule has 5 nitrogen and oxygen atoms in total. The van der Waals surface area contributed by atoms with Crippen molar-refractivity contribution >= 4 is 55.0 Å². The SMILES string of the molecule is CCN(CC)CCSc1cc(Cl)cc(NS(=O)(=O)c2cc(Br)ccc2OC)c1. The molecule has 2 rings (SSSR count). The molecular weight excluding hydrogens is 484 g/mol. The number of hydrogen-bond donors (Lipinski definition) is 1. The Balaban J connectivity index is 2.19. The Labute approximate surface area is 185 Å². The van der Waals surface area contributed by atoms with E-state index in [0.29, 0.717) is 15.2 Å². The first kappa shape index (κ1) is 23.3. The third kappa shape index (κ3) is 6.56. The monoisotopic (exact) mass is 506 g/mol. The highest BCUT2D eigenvalue weighted by Crippen LogP contribution is 2.31. The summed E-state index contributed by atoms with van der Waals surface area (Å²) in [6, 6.07) is 10.1. The third-order valence-electron chi connectivity index (χ3n) is 4.11. The average Bonchev–Trinajstić information content (AvgIpc) is 2.64. The zero-order chi connectivity index (χ0) is 20.7. The summed E-state index contributed by atoms with van der Waals surface area (Å²) < 4.78 is 34.2. The van der Waals surface area contributed by atoms with Gasteiger partial charge in [-0.25, -0.2) is 8.42 Å². The molecule has 0 aliphatic carbocycles. The fraction of sp³-hybridized carbons (Fsp3) is 0.368. The van der Waals surface area contributed by atoms with Crippen LogP contribution < -0.4 is 9.46 Å². The molecule has 154 valence electrons. The maximum absolute atomic E-state index is 12.9. The standard InChI is InChI=1S/C19H24BrClN2O3S2/c1-4-23(5-2)8-9-27-17-12-15(21)11-16(13-17)22-28(24,25)19-10-14(20)6-7-18(19)26-3/h6-7,10-13,22H,4-5,8-9H2,1-3H3. The highest BCUT2D eigenvalue weighted by molar-refractivity contribution is 9.10. The molecule has 0 spiro atoms. The van der Waals surface area contributed by atoms with Crippen LogP contribution in [0.2, 0.25) is 5.02 Å². The van der Waals surface area contributed by atoms with Gasteiger partial charge in [-0.15, -0.1) is 11.8 Å². The molecule has 0 aromatic heterocycles. The predicted molar refractivity (Wildman–Crippen MR) is 121 cm³/mol. The maximum Gasteiger partial charge on any atom is 0.265 e. The van der Waals surface area contributed by atoms with E-state index in [1.165, 1.54) is 13.2 Å². The van der Waals surface area contributed by atoms with Gasteiger partial charge in [0.15, 0.2) is 0 Å². The zero-order valence-corrected chi connectivity index (χ0v) is 20.0. The number of benzene rings is 2. The second-order valence-electron chi connectivity index (χ2n) is 5.95. The molecule has 0 heterocycles. The highest BCUT2D eigenvalue weighted by Gasteiger charge is 2.20. The van der Waals surface area contributed by atoms with Crippen LogP contribution in [0.3, 0.4) is 0 Å². The van der Waals surface area contributed by atoms with Crippen LogP contribution in [0.25, 0.3) is 0 Å². The fourth-order valence-corrected chi connectivity index (χ4v) is 5.66. The van der Waals surface area contributed by atoms with Crippen LogP contribution in [-0.2, 0) is 10.0 Å². The van der Waals surface area contributed by atoms with E-state index in [1.54, 1.807) is 36.0 Å². The Morgan fingerprint density at radius 2 is 1.89 bits per heavy atom. The Hall–Kier alpha value is -0.930. The molecule has 9 heteroatoms. The average molecular weight is 508 g/mol. The molecule has 0 saturated carbocycles. The van der Waals surface area contributed by atoms with Crippen molar-refractivity contribution in [2.75, 3.05) is 37.2 Å². The molecule has 0 atom stereocenters. The summed E-state index contributed by atoms with van der Waals surface area (Å²) in [6.07, 6.45) is 0. The third-order valence-corrected chi connectivity index (χ3v) is 7.18. The number of thioether (sulfide) groups is 1. The number of anilines is 1. The van der Waals surface area contributed by atoms with Gasteiger partial charge in [0.2, 0.25) is 0 Å². The molecule has 0 fully saturated rings. The van der Waals surface area contributed by atoms with E-state index in [9.17, 15) is 8.42 Å². The van der Waals surface area contributed by atoms with Crippen LogP contribution in [0.1, 0.15) is 13.8 Å². The first-order valence-corrected chi connectivity index (χ1v) is 12.4. The van der Waals surface area contributed by atoms with Gasteiger partial charge in [0, 0.05) is 26.7 Å². The number of rotatable bonds is 10. The lowest BCUT2D eigenvalue weighted by atomic mass is 10.3. The second-order valence-corrected chi connectivity index (χ2v) is 10.1. The minimum atomic E-state index is -3.84. The predicted octanol–water partition coefficient (Wildman–Crippen LogP) is 5.35. The van der Waals surface area contributed by atoms with Crippen molar-refractivity contribution in [3.05, 3.63) is 45.9 Å². The minimum Gasteiger partial charge on any atom is -0.495 e. The van der Waals surface area contributed by atoms with Crippen LogP contribution in [0.15, 0.2) is 50.7 Å². The van der Waals surface area contributed by atoms with Gasteiger partial charge < -0.3 is 9.64 Å². The van der Waals surface area contributed by atoms with E-state index < -0.39 is 10.0 Å². The number of sulfonamides is 1. The Morgan fingerprint density at radius 1 is 1.18 bits per heavy atom. The largest absolute Gasteiger partial charge is 0.495 e. The summed E-state index contributed by atoms with van der Waals surface area (Å²) in [4.78, 5) is 3.31. The molecule has 0 aliphatic heterocycles. The van der Waals surface area contributed by atoms with E-state index in [1.807, 2.05) is 6.07 Å². The van der Waals surface area contributed by atoms with E-state index in [-0.39, 0.29) is 10.6 Å². The van der Waals surface area contributed by atoms with Crippen molar-refractivity contribution in [1.82, 2.24) is 4.90 Å². The smallest absolute Gasteiger partial charge is 0.265 e. The van der Waals surface area contributed by atoms with Crippen LogP contribution in [-0.4, -0.2) is 45.8 Å². The second kappa shape index (κ2) is 10.7. The summed E-state index contributed by atoms with van der Waals surface area (Å²) >= 11 is 11.2. The molecule has 28 heavy (non-hydrogen) atoms. The van der Waals surface area contributed by atoms with Crippen molar-refractivity contribution in [1.29, 1.82) is 0 Å². The van der Waals surface area contributed by atoms with Crippen molar-refractivity contribution in [2.45, 2.75) is 23.6 Å². The lowest BCUT2D eigenvalue weighted by Gasteiger charge is -2.17. The van der Waals surface area contributed by atoms with E-state index in [2.05, 4.69) is 39.4 Å². The van der Waals surface area contributed by atoms with Crippen LogP contribution in [0.5, 0.6) is 5.75 Å². The van der Waals surface area contributed by atoms with Gasteiger partial charge in [-0.3, -0.25) is 4.72 Å². The lowest BCUT2D eigenvalue weighted by molar-refractivity contribution is 0.324. The fourth-order valence-electron chi connectivity index (χ4n) is 2.61. The molecule has 0 aliphatic rings. The number of halogens is 2. The topological polar surface area (TPSA) is 58.6 Å². The molecule has 0 radical (unpaired) electrons. The summed E-state index contributed by atoms with van der Waals surface area (Å²) in [5.41, 5.74) is 0.417. The van der Waals surface area contributed by atoms with Crippen molar-refractivity contribution in [3.63, 3.8) is 0 Å². The molecule has 2 aromatic rings. The van der Waals surface area contributed by atoms with Gasteiger partial charge in [0.25, 0.3) is 10.0 Å². The van der Waals surface area contributed by atoms with E-state index in [4.69, 9.17) is 16.3 Å². The van der Waals surface area contributed by atoms with Crippen molar-refractivity contribution < 1.29 is 13.2 Å². The number of hydrogen-bond acceptors (Lipinski definition) is 5. The van der Waals surface area contributed by atoms with Gasteiger partial charge in [-0.05, 0) is 49.5 Å². The van der Waals surface area contributed by atoms with Crippen LogP contribution in [0.4, 0.5) is 5.69 Å². The van der Waals surface area contributed by atoms with Gasteiger partial charge in [-0.1, -0.05) is 41.4 Å². The molecule has 0 unspecified atom stereocenters. The lowest BCUT2D eigenvalue weighted by Crippen LogP contribution is -2.25. The number of methoxy groups -OCH3 is 1. The summed E-state index contributed by atoms with van der Waals surface area (Å²) in [7, 11) is -2.40. The first-order valence-electron chi connectivity index (χ1n) is 8.81. The van der Waals surface area contributed by atoms with Crippen molar-refractivity contribution in [2.24, 2.45) is 0 Å². The van der Waals surface area contributed by atoms with E-state index in [0.717, 1.165) is 30.3 Å². The van der Waals surface area contributed by atoms with Crippen LogP contribution in [0, 0.1) is 0 Å². The zero-order valence-electron chi connectivity index (χ0n) is 16.0. The summed E-state index contributed by atoms with van der Waals surface area (Å²) in [5, 5.41) is 0.478.